The van der Waals surface area contributed by atoms with Crippen LogP contribution < -0.4 is 0 Å². The van der Waals surface area contributed by atoms with E-state index in [1.54, 1.807) is 0 Å². The number of carbonyl (C=O) groups is 1. The predicted octanol–water partition coefficient (Wildman–Crippen LogP) is 3.54. The van der Waals surface area contributed by atoms with Gasteiger partial charge in [0.1, 0.15) is 11.3 Å². The smallest absolute Gasteiger partial charge is 0.310 e. The lowest BCUT2D eigenvalue weighted by Gasteiger charge is -2.31. The first-order chi connectivity index (χ1) is 9.59. The molecule has 1 saturated carbocycles. The summed E-state index contributed by atoms with van der Waals surface area (Å²) in [6.45, 7) is 0. The Hall–Kier alpha value is -1.91. The Labute approximate surface area is 115 Å². The molecule has 0 amide bonds. The van der Waals surface area contributed by atoms with Crippen molar-refractivity contribution in [3.05, 3.63) is 29.9 Å². The van der Waals surface area contributed by atoms with Crippen LogP contribution in [0.3, 0.4) is 0 Å². The first-order valence-electron chi connectivity index (χ1n) is 6.87. The molecule has 1 fully saturated rings. The van der Waals surface area contributed by atoms with Crippen LogP contribution in [0.2, 0.25) is 0 Å². The molecule has 1 aliphatic carbocycles. The lowest BCUT2D eigenvalue weighted by molar-refractivity contribution is -0.151. The number of nitrogens with zero attached hydrogens (tertiary/aromatic N) is 1. The summed E-state index contributed by atoms with van der Waals surface area (Å²) in [6.07, 6.45) is 4.49. The van der Waals surface area contributed by atoms with Crippen LogP contribution in [0.4, 0.5) is 4.39 Å². The summed E-state index contributed by atoms with van der Waals surface area (Å²) in [4.78, 5) is 15.8. The Bertz CT molecular complexity index is 644. The Morgan fingerprint density at radius 1 is 1.35 bits per heavy atom. The van der Waals surface area contributed by atoms with Crippen LogP contribution in [-0.2, 0) is 11.2 Å². The molecule has 0 aliphatic heterocycles. The van der Waals surface area contributed by atoms with Gasteiger partial charge in [-0.15, -0.1) is 0 Å². The molecule has 0 radical (unpaired) electrons. The first kappa shape index (κ1) is 13.1. The number of aliphatic carboxylic acids is 1. The van der Waals surface area contributed by atoms with Gasteiger partial charge in [0.2, 0.25) is 0 Å². The molecular formula is C15H16FNO3. The fraction of sp³-hybridized carbons (Fsp3) is 0.467. The van der Waals surface area contributed by atoms with E-state index in [4.69, 9.17) is 4.42 Å². The van der Waals surface area contributed by atoms with E-state index in [2.05, 4.69) is 4.98 Å². The molecule has 0 bridgehead atoms. The van der Waals surface area contributed by atoms with Gasteiger partial charge in [-0.3, -0.25) is 4.79 Å². The van der Waals surface area contributed by atoms with Crippen molar-refractivity contribution in [3.63, 3.8) is 0 Å². The quantitative estimate of drug-likeness (QED) is 0.932. The van der Waals surface area contributed by atoms with E-state index in [1.807, 2.05) is 0 Å². The number of benzene rings is 1. The summed E-state index contributed by atoms with van der Waals surface area (Å²) < 4.78 is 18.7. The molecule has 1 aliphatic rings. The third-order valence-electron chi connectivity index (χ3n) is 4.15. The van der Waals surface area contributed by atoms with E-state index in [1.165, 1.54) is 18.2 Å². The van der Waals surface area contributed by atoms with Gasteiger partial charge in [-0.1, -0.05) is 19.3 Å². The zero-order valence-corrected chi connectivity index (χ0v) is 11.1. The van der Waals surface area contributed by atoms with E-state index < -0.39 is 11.4 Å². The largest absolute Gasteiger partial charge is 0.481 e. The van der Waals surface area contributed by atoms with E-state index in [0.717, 1.165) is 19.3 Å². The van der Waals surface area contributed by atoms with Crippen molar-refractivity contribution in [1.82, 2.24) is 4.98 Å². The van der Waals surface area contributed by atoms with Crippen molar-refractivity contribution in [3.8, 4) is 0 Å². The predicted molar refractivity (Wildman–Crippen MR) is 70.8 cm³/mol. The molecule has 1 aromatic heterocycles. The van der Waals surface area contributed by atoms with Crippen LogP contribution in [0.1, 0.15) is 38.0 Å². The highest BCUT2D eigenvalue weighted by Crippen LogP contribution is 2.39. The van der Waals surface area contributed by atoms with Gasteiger partial charge in [-0.25, -0.2) is 9.37 Å². The molecule has 20 heavy (non-hydrogen) atoms. The molecule has 2 aromatic rings. The molecule has 1 aromatic carbocycles. The summed E-state index contributed by atoms with van der Waals surface area (Å²) in [5.74, 6) is -0.775. The highest BCUT2D eigenvalue weighted by Gasteiger charge is 2.41. The number of hydrogen-bond acceptors (Lipinski definition) is 3. The van der Waals surface area contributed by atoms with Crippen LogP contribution in [0.5, 0.6) is 0 Å². The number of aromatic nitrogens is 1. The normalized spacial score (nSPS) is 18.2. The maximum absolute atomic E-state index is 13.1. The molecule has 106 valence electrons. The Morgan fingerprint density at radius 3 is 2.80 bits per heavy atom. The minimum atomic E-state index is -0.786. The number of halogens is 1. The zero-order chi connectivity index (χ0) is 14.2. The van der Waals surface area contributed by atoms with Gasteiger partial charge in [-0.05, 0) is 25.0 Å². The van der Waals surface area contributed by atoms with Crippen molar-refractivity contribution in [1.29, 1.82) is 0 Å². The summed E-state index contributed by atoms with van der Waals surface area (Å²) >= 11 is 0. The molecule has 0 saturated heterocycles. The number of carboxylic acid groups (broad SMARTS) is 1. The second-order valence-corrected chi connectivity index (χ2v) is 5.54. The van der Waals surface area contributed by atoms with Crippen molar-refractivity contribution >= 4 is 17.1 Å². The molecule has 4 nitrogen and oxygen atoms in total. The third kappa shape index (κ3) is 2.28. The van der Waals surface area contributed by atoms with Crippen molar-refractivity contribution in [2.24, 2.45) is 5.41 Å². The van der Waals surface area contributed by atoms with E-state index in [0.29, 0.717) is 29.8 Å². The minimum absolute atomic E-state index is 0.276. The summed E-state index contributed by atoms with van der Waals surface area (Å²) in [5, 5.41) is 9.54. The second-order valence-electron chi connectivity index (χ2n) is 5.54. The molecule has 3 rings (SSSR count). The second kappa shape index (κ2) is 4.89. The van der Waals surface area contributed by atoms with E-state index >= 15 is 0 Å². The van der Waals surface area contributed by atoms with E-state index in [-0.39, 0.29) is 12.2 Å². The molecule has 5 heteroatoms. The van der Waals surface area contributed by atoms with Crippen molar-refractivity contribution in [2.45, 2.75) is 38.5 Å². The number of fused-ring (bicyclic) bond motifs is 1. The fourth-order valence-corrected chi connectivity index (χ4v) is 3.01. The van der Waals surface area contributed by atoms with Crippen molar-refractivity contribution < 1.29 is 18.7 Å². The maximum atomic E-state index is 13.1. The van der Waals surface area contributed by atoms with Gasteiger partial charge in [0.05, 0.1) is 5.41 Å². The average Bonchev–Trinajstić information content (AvgIpc) is 2.80. The van der Waals surface area contributed by atoms with Crippen LogP contribution in [0.25, 0.3) is 11.1 Å². The molecule has 1 N–H and O–H groups in total. The van der Waals surface area contributed by atoms with Gasteiger partial charge < -0.3 is 9.52 Å². The van der Waals surface area contributed by atoms with Crippen LogP contribution in [0, 0.1) is 11.2 Å². The third-order valence-corrected chi connectivity index (χ3v) is 4.15. The molecular weight excluding hydrogens is 261 g/mol. The van der Waals surface area contributed by atoms with Crippen LogP contribution in [0.15, 0.2) is 22.6 Å². The lowest BCUT2D eigenvalue weighted by Crippen LogP contribution is -2.35. The Morgan fingerprint density at radius 2 is 2.10 bits per heavy atom. The van der Waals surface area contributed by atoms with Gasteiger partial charge in [0, 0.05) is 12.5 Å². The van der Waals surface area contributed by atoms with Crippen LogP contribution >= 0.6 is 0 Å². The maximum Gasteiger partial charge on any atom is 0.310 e. The molecule has 0 spiro atoms. The highest BCUT2D eigenvalue weighted by atomic mass is 19.1. The zero-order valence-electron chi connectivity index (χ0n) is 11.1. The van der Waals surface area contributed by atoms with Gasteiger partial charge in [0.25, 0.3) is 0 Å². The average molecular weight is 277 g/mol. The number of carboxylic acids is 1. The lowest BCUT2D eigenvalue weighted by atomic mass is 9.72. The summed E-state index contributed by atoms with van der Waals surface area (Å²) in [7, 11) is 0. The molecule has 0 unspecified atom stereocenters. The first-order valence-corrected chi connectivity index (χ1v) is 6.87. The van der Waals surface area contributed by atoms with Gasteiger partial charge in [0.15, 0.2) is 11.5 Å². The number of hydrogen-bond donors (Lipinski definition) is 1. The van der Waals surface area contributed by atoms with E-state index in [9.17, 15) is 14.3 Å². The topological polar surface area (TPSA) is 63.3 Å². The van der Waals surface area contributed by atoms with Gasteiger partial charge in [-0.2, -0.15) is 0 Å². The summed E-state index contributed by atoms with van der Waals surface area (Å²) in [6, 6.07) is 4.14. The standard InChI is InChI=1S/C15H16FNO3/c16-10-4-5-12-11(8-10)17-13(20-12)9-15(14(18)19)6-2-1-3-7-15/h4-5,8H,1-3,6-7,9H2,(H,18,19). The summed E-state index contributed by atoms with van der Waals surface area (Å²) in [5.41, 5.74) is 0.159. The monoisotopic (exact) mass is 277 g/mol. The highest BCUT2D eigenvalue weighted by molar-refractivity contribution is 5.76. The fourth-order valence-electron chi connectivity index (χ4n) is 3.01. The Balaban J connectivity index is 1.92. The van der Waals surface area contributed by atoms with Gasteiger partial charge >= 0.3 is 5.97 Å². The molecule has 1 heterocycles. The number of rotatable bonds is 3. The number of oxazole rings is 1. The SMILES string of the molecule is O=C(O)C1(Cc2nc3cc(F)ccc3o2)CCCCC1. The molecule has 0 atom stereocenters. The van der Waals surface area contributed by atoms with Crippen molar-refractivity contribution in [2.75, 3.05) is 0 Å². The van der Waals surface area contributed by atoms with Crippen LogP contribution in [-0.4, -0.2) is 16.1 Å². The minimum Gasteiger partial charge on any atom is -0.481 e. The Kier molecular flexibility index (Phi) is 3.20.